The Morgan fingerprint density at radius 1 is 1.14 bits per heavy atom. The predicted molar refractivity (Wildman–Crippen MR) is 80.5 cm³/mol. The number of hydrogen-bond donors (Lipinski definition) is 0. The van der Waals surface area contributed by atoms with Gasteiger partial charge in [-0.3, -0.25) is 0 Å². The number of esters is 1. The van der Waals surface area contributed by atoms with Gasteiger partial charge < -0.3 is 9.47 Å². The van der Waals surface area contributed by atoms with E-state index in [2.05, 4.69) is 0 Å². The molecule has 0 saturated heterocycles. The molecule has 0 aromatic heterocycles. The number of hydrogen-bond acceptors (Lipinski definition) is 3. The molecule has 3 heteroatoms. The Labute approximate surface area is 124 Å². The molecule has 1 unspecified atom stereocenters. The van der Waals surface area contributed by atoms with Crippen molar-refractivity contribution in [3.05, 3.63) is 65.2 Å². The minimum Gasteiger partial charge on any atom is -0.423 e. The summed E-state index contributed by atoms with van der Waals surface area (Å²) >= 11 is 0. The van der Waals surface area contributed by atoms with Crippen molar-refractivity contribution in [2.45, 2.75) is 25.4 Å². The molecule has 2 aromatic carbocycles. The van der Waals surface area contributed by atoms with Crippen LogP contribution in [0.2, 0.25) is 0 Å². The normalized spacial score (nSPS) is 17.1. The first-order valence-corrected chi connectivity index (χ1v) is 7.21. The predicted octanol–water partition coefficient (Wildman–Crippen LogP) is 3.93. The van der Waals surface area contributed by atoms with Gasteiger partial charge in [0.15, 0.2) is 0 Å². The molecule has 0 amide bonds. The summed E-state index contributed by atoms with van der Waals surface area (Å²) in [6, 6.07) is 14.8. The Balaban J connectivity index is 1.80. The van der Waals surface area contributed by atoms with E-state index in [0.29, 0.717) is 11.3 Å². The number of rotatable bonds is 3. The smallest absolute Gasteiger partial charge is 0.343 e. The van der Waals surface area contributed by atoms with Gasteiger partial charge in [-0.05, 0) is 54.7 Å². The van der Waals surface area contributed by atoms with Gasteiger partial charge in [0.25, 0.3) is 0 Å². The molecule has 0 spiro atoms. The first-order chi connectivity index (χ1) is 10.3. The lowest BCUT2D eigenvalue weighted by Gasteiger charge is -2.24. The fraction of sp³-hybridized carbons (Fsp3) is 0.278. The maximum Gasteiger partial charge on any atom is 0.343 e. The maximum atomic E-state index is 12.1. The average Bonchev–Trinajstić information content (AvgIpc) is 2.54. The molecule has 3 rings (SSSR count). The van der Waals surface area contributed by atoms with Crippen molar-refractivity contribution < 1.29 is 14.3 Å². The van der Waals surface area contributed by atoms with Gasteiger partial charge in [0, 0.05) is 7.11 Å². The van der Waals surface area contributed by atoms with Gasteiger partial charge in [-0.15, -0.1) is 0 Å². The third-order valence-electron chi connectivity index (χ3n) is 3.88. The van der Waals surface area contributed by atoms with Gasteiger partial charge >= 0.3 is 5.97 Å². The lowest BCUT2D eigenvalue weighted by atomic mass is 9.89. The summed E-state index contributed by atoms with van der Waals surface area (Å²) in [4.78, 5) is 12.1. The molecule has 108 valence electrons. The molecule has 3 nitrogen and oxygen atoms in total. The van der Waals surface area contributed by atoms with E-state index in [1.54, 1.807) is 19.2 Å². The molecule has 0 fully saturated rings. The second kappa shape index (κ2) is 6.10. The van der Waals surface area contributed by atoms with Crippen molar-refractivity contribution in [2.75, 3.05) is 7.11 Å². The molecule has 0 N–H and O–H groups in total. The zero-order valence-corrected chi connectivity index (χ0v) is 12.0. The van der Waals surface area contributed by atoms with E-state index in [1.165, 1.54) is 11.1 Å². The Kier molecular flexibility index (Phi) is 4.02. The van der Waals surface area contributed by atoms with Crippen molar-refractivity contribution in [1.82, 2.24) is 0 Å². The van der Waals surface area contributed by atoms with Crippen molar-refractivity contribution in [3.8, 4) is 5.75 Å². The molecule has 1 atom stereocenters. The largest absolute Gasteiger partial charge is 0.423 e. The summed E-state index contributed by atoms with van der Waals surface area (Å²) in [5.41, 5.74) is 2.99. The molecule has 21 heavy (non-hydrogen) atoms. The second-order valence-electron chi connectivity index (χ2n) is 5.23. The monoisotopic (exact) mass is 282 g/mol. The van der Waals surface area contributed by atoms with Gasteiger partial charge in [-0.2, -0.15) is 0 Å². The van der Waals surface area contributed by atoms with Crippen LogP contribution in [0.5, 0.6) is 5.75 Å². The molecule has 2 aromatic rings. The number of ether oxygens (including phenoxy) is 2. The summed E-state index contributed by atoms with van der Waals surface area (Å²) in [5.74, 6) is 0.272. The van der Waals surface area contributed by atoms with Gasteiger partial charge in [0.1, 0.15) is 5.75 Å². The Morgan fingerprint density at radius 2 is 1.95 bits per heavy atom. The quantitative estimate of drug-likeness (QED) is 0.632. The van der Waals surface area contributed by atoms with Crippen LogP contribution < -0.4 is 4.74 Å². The molecule has 0 radical (unpaired) electrons. The average molecular weight is 282 g/mol. The standard InChI is InChI=1S/C18H18O3/c1-20-17-9-5-8-14-12-15(10-11-16(14)17)21-18(19)13-6-3-2-4-7-13/h2-4,6-7,10-12,17H,5,8-9H2,1H3. The molecule has 0 saturated carbocycles. The number of fused-ring (bicyclic) bond motifs is 1. The van der Waals surface area contributed by atoms with Gasteiger partial charge in [-0.25, -0.2) is 4.79 Å². The molecule has 1 aliphatic carbocycles. The van der Waals surface area contributed by atoms with Crippen molar-refractivity contribution in [2.24, 2.45) is 0 Å². The molecular weight excluding hydrogens is 264 g/mol. The Morgan fingerprint density at radius 3 is 2.71 bits per heavy atom. The van der Waals surface area contributed by atoms with E-state index in [4.69, 9.17) is 9.47 Å². The van der Waals surface area contributed by atoms with Crippen LogP contribution in [0.15, 0.2) is 48.5 Å². The summed E-state index contributed by atoms with van der Waals surface area (Å²) in [6.45, 7) is 0. The number of aryl methyl sites for hydroxylation is 1. The first-order valence-electron chi connectivity index (χ1n) is 7.21. The zero-order valence-electron chi connectivity index (χ0n) is 12.0. The van der Waals surface area contributed by atoms with Gasteiger partial charge in [0.2, 0.25) is 0 Å². The zero-order chi connectivity index (χ0) is 14.7. The summed E-state index contributed by atoms with van der Waals surface area (Å²) in [6.07, 6.45) is 3.31. The lowest BCUT2D eigenvalue weighted by molar-refractivity contribution is 0.0733. The molecule has 0 heterocycles. The third-order valence-corrected chi connectivity index (χ3v) is 3.88. The minimum atomic E-state index is -0.324. The van der Waals surface area contributed by atoms with E-state index in [0.717, 1.165) is 19.3 Å². The van der Waals surface area contributed by atoms with Crippen LogP contribution in [-0.4, -0.2) is 13.1 Å². The first kappa shape index (κ1) is 13.8. The molecule has 1 aliphatic rings. The van der Waals surface area contributed by atoms with E-state index in [1.807, 2.05) is 36.4 Å². The molecule has 0 bridgehead atoms. The van der Waals surface area contributed by atoms with Gasteiger partial charge in [-0.1, -0.05) is 24.3 Å². The number of carbonyl (C=O) groups is 1. The van der Waals surface area contributed by atoms with Crippen LogP contribution in [0.1, 0.15) is 40.4 Å². The summed E-state index contributed by atoms with van der Waals surface area (Å²) in [7, 11) is 1.74. The van der Waals surface area contributed by atoms with Crippen molar-refractivity contribution in [1.29, 1.82) is 0 Å². The molecular formula is C18H18O3. The lowest BCUT2D eigenvalue weighted by Crippen LogP contribution is -2.13. The highest BCUT2D eigenvalue weighted by Crippen LogP contribution is 2.34. The summed E-state index contributed by atoms with van der Waals surface area (Å²) < 4.78 is 11.0. The number of methoxy groups -OCH3 is 1. The Bertz CT molecular complexity index is 634. The van der Waals surface area contributed by atoms with Crippen LogP contribution in [0.3, 0.4) is 0 Å². The molecule has 0 aliphatic heterocycles. The minimum absolute atomic E-state index is 0.160. The topological polar surface area (TPSA) is 35.5 Å². The van der Waals surface area contributed by atoms with E-state index >= 15 is 0 Å². The highest BCUT2D eigenvalue weighted by atomic mass is 16.5. The van der Waals surface area contributed by atoms with Crippen LogP contribution >= 0.6 is 0 Å². The highest BCUT2D eigenvalue weighted by molar-refractivity contribution is 5.90. The third kappa shape index (κ3) is 2.98. The van der Waals surface area contributed by atoms with E-state index in [-0.39, 0.29) is 12.1 Å². The van der Waals surface area contributed by atoms with Crippen LogP contribution in [0, 0.1) is 0 Å². The fourth-order valence-electron chi connectivity index (χ4n) is 2.79. The maximum absolute atomic E-state index is 12.1. The van der Waals surface area contributed by atoms with E-state index in [9.17, 15) is 4.79 Å². The van der Waals surface area contributed by atoms with Gasteiger partial charge in [0.05, 0.1) is 11.7 Å². The second-order valence-corrected chi connectivity index (χ2v) is 5.23. The summed E-state index contributed by atoms with van der Waals surface area (Å²) in [5, 5.41) is 0. The van der Waals surface area contributed by atoms with Crippen molar-refractivity contribution in [3.63, 3.8) is 0 Å². The van der Waals surface area contributed by atoms with Crippen LogP contribution in [-0.2, 0) is 11.2 Å². The van der Waals surface area contributed by atoms with Crippen LogP contribution in [0.4, 0.5) is 0 Å². The SMILES string of the molecule is COC1CCCc2cc(OC(=O)c3ccccc3)ccc21. The Hall–Kier alpha value is -2.13. The van der Waals surface area contributed by atoms with E-state index < -0.39 is 0 Å². The van der Waals surface area contributed by atoms with Crippen LogP contribution in [0.25, 0.3) is 0 Å². The fourth-order valence-corrected chi connectivity index (χ4v) is 2.79. The number of carbonyl (C=O) groups excluding carboxylic acids is 1. The highest BCUT2D eigenvalue weighted by Gasteiger charge is 2.20. The van der Waals surface area contributed by atoms with Crippen molar-refractivity contribution >= 4 is 5.97 Å². The number of benzene rings is 2.